The van der Waals surface area contributed by atoms with Gasteiger partial charge in [-0.2, -0.15) is 0 Å². The Morgan fingerprint density at radius 1 is 1.00 bits per heavy atom. The van der Waals surface area contributed by atoms with Gasteiger partial charge in [-0.3, -0.25) is 0 Å². The predicted molar refractivity (Wildman–Crippen MR) is 103 cm³/mol. The molecule has 6 nitrogen and oxygen atoms in total. The van der Waals surface area contributed by atoms with E-state index in [1.54, 1.807) is 6.08 Å². The molecule has 0 atom stereocenters. The Morgan fingerprint density at radius 3 is 2.15 bits per heavy atom. The molecule has 0 aromatic carbocycles. The van der Waals surface area contributed by atoms with Gasteiger partial charge in [0.15, 0.2) is 0 Å². The fourth-order valence-electron chi connectivity index (χ4n) is 2.44. The molecule has 1 amide bonds. The summed E-state index contributed by atoms with van der Waals surface area (Å²) >= 11 is 0. The topological polar surface area (TPSA) is 66.0 Å². The van der Waals surface area contributed by atoms with Crippen molar-refractivity contribution in [3.05, 3.63) is 11.9 Å². The number of carbonyl (C=O) groups is 1. The van der Waals surface area contributed by atoms with Gasteiger partial charge in [0.25, 0.3) is 0 Å². The van der Waals surface area contributed by atoms with E-state index in [2.05, 4.69) is 5.32 Å². The third-order valence-electron chi connectivity index (χ3n) is 3.53. The smallest absolute Gasteiger partial charge is 0.450 e. The number of hydrogen-bond donors (Lipinski definition) is 1. The Balaban J connectivity index is 3.86. The predicted octanol–water partition coefficient (Wildman–Crippen LogP) is 4.58. The second-order valence-corrected chi connectivity index (χ2v) is 8.52. The minimum atomic E-state index is -2.64. The molecule has 0 aromatic heterocycles. The van der Waals surface area contributed by atoms with E-state index >= 15 is 0 Å². The summed E-state index contributed by atoms with van der Waals surface area (Å²) in [6.45, 7) is 9.70. The highest BCUT2D eigenvalue weighted by molar-refractivity contribution is 6.60. The van der Waals surface area contributed by atoms with Crippen molar-refractivity contribution in [3.8, 4) is 0 Å². The average molecular weight is 394 g/mol. The van der Waals surface area contributed by atoms with Crippen LogP contribution in [0, 0.1) is 0 Å². The van der Waals surface area contributed by atoms with E-state index in [1.807, 2.05) is 20.8 Å². The van der Waals surface area contributed by atoms with Crippen molar-refractivity contribution >= 4 is 14.9 Å². The summed E-state index contributed by atoms with van der Waals surface area (Å²) in [6, 6.07) is 0.657. The van der Waals surface area contributed by atoms with E-state index in [4.69, 9.17) is 18.0 Å². The lowest BCUT2D eigenvalue weighted by atomic mass is 10.2. The molecule has 0 heterocycles. The summed E-state index contributed by atoms with van der Waals surface area (Å²) < 4.78 is 34.9. The number of halogens is 1. The van der Waals surface area contributed by atoms with Crippen LogP contribution in [-0.2, 0) is 18.0 Å². The van der Waals surface area contributed by atoms with Crippen molar-refractivity contribution in [2.45, 2.75) is 65.8 Å². The molecule has 1 N–H and O–H groups in total. The SMILES string of the molecule is CCO[Si](CCCNC(=O)OCCCCC/C=C(/C)F)(OCC)OCC. The molecule has 0 rings (SSSR count). The Morgan fingerprint density at radius 2 is 1.62 bits per heavy atom. The first-order valence-electron chi connectivity index (χ1n) is 9.64. The van der Waals surface area contributed by atoms with Gasteiger partial charge >= 0.3 is 14.9 Å². The maximum Gasteiger partial charge on any atom is 0.500 e. The number of unbranched alkanes of at least 4 members (excludes halogenated alkanes) is 3. The first-order valence-corrected chi connectivity index (χ1v) is 11.6. The molecule has 0 bridgehead atoms. The first-order chi connectivity index (χ1) is 12.5. The number of carbonyl (C=O) groups excluding carboxylic acids is 1. The molecule has 0 fully saturated rings. The first kappa shape index (κ1) is 25.0. The number of allylic oxidation sites excluding steroid dienone is 2. The highest BCUT2D eigenvalue weighted by atomic mass is 28.4. The molecule has 0 saturated heterocycles. The largest absolute Gasteiger partial charge is 0.500 e. The van der Waals surface area contributed by atoms with Crippen molar-refractivity contribution < 1.29 is 27.2 Å². The fourth-order valence-corrected chi connectivity index (χ4v) is 5.05. The summed E-state index contributed by atoms with van der Waals surface area (Å²) in [5.41, 5.74) is 0. The van der Waals surface area contributed by atoms with Gasteiger partial charge < -0.3 is 23.3 Å². The minimum absolute atomic E-state index is 0.147. The number of amides is 1. The van der Waals surface area contributed by atoms with Crippen molar-refractivity contribution in [2.24, 2.45) is 0 Å². The Bertz CT molecular complexity index is 375. The van der Waals surface area contributed by atoms with Crippen LogP contribution in [0.1, 0.15) is 59.8 Å². The zero-order valence-corrected chi connectivity index (χ0v) is 17.8. The normalized spacial score (nSPS) is 12.3. The maximum absolute atomic E-state index is 12.5. The number of rotatable bonds is 16. The van der Waals surface area contributed by atoms with Crippen LogP contribution < -0.4 is 5.32 Å². The van der Waals surface area contributed by atoms with Crippen LogP contribution in [0.15, 0.2) is 11.9 Å². The van der Waals surface area contributed by atoms with Gasteiger partial charge in [0.05, 0.1) is 12.4 Å². The Labute approximate surface area is 158 Å². The van der Waals surface area contributed by atoms with Gasteiger partial charge in [-0.15, -0.1) is 0 Å². The van der Waals surface area contributed by atoms with Crippen LogP contribution >= 0.6 is 0 Å². The van der Waals surface area contributed by atoms with E-state index in [-0.39, 0.29) is 5.83 Å². The van der Waals surface area contributed by atoms with E-state index < -0.39 is 14.9 Å². The van der Waals surface area contributed by atoms with Gasteiger partial charge in [-0.1, -0.05) is 6.08 Å². The molecule has 0 saturated carbocycles. The second kappa shape index (κ2) is 16.2. The molecule has 8 heteroatoms. The summed E-state index contributed by atoms with van der Waals surface area (Å²) in [5, 5.41) is 2.73. The summed E-state index contributed by atoms with van der Waals surface area (Å²) in [5.74, 6) is -0.147. The molecule has 0 aliphatic heterocycles. The van der Waals surface area contributed by atoms with Crippen LogP contribution in [0.4, 0.5) is 9.18 Å². The van der Waals surface area contributed by atoms with Gasteiger partial charge in [-0.05, 0) is 59.8 Å². The number of ether oxygens (including phenoxy) is 1. The monoisotopic (exact) mass is 393 g/mol. The third-order valence-corrected chi connectivity index (χ3v) is 6.68. The van der Waals surface area contributed by atoms with E-state index in [1.165, 1.54) is 6.92 Å². The van der Waals surface area contributed by atoms with Crippen LogP contribution in [0.25, 0.3) is 0 Å². The van der Waals surface area contributed by atoms with Gasteiger partial charge in [-0.25, -0.2) is 9.18 Å². The Kier molecular flexibility index (Phi) is 15.6. The van der Waals surface area contributed by atoms with E-state index in [0.717, 1.165) is 25.7 Å². The van der Waals surface area contributed by atoms with Crippen molar-refractivity contribution in [1.29, 1.82) is 0 Å². The molecule has 0 radical (unpaired) electrons. The minimum Gasteiger partial charge on any atom is -0.450 e. The molecular weight excluding hydrogens is 357 g/mol. The highest BCUT2D eigenvalue weighted by Gasteiger charge is 2.39. The zero-order chi connectivity index (χ0) is 19.7. The molecule has 26 heavy (non-hydrogen) atoms. The maximum atomic E-state index is 12.5. The number of hydrogen-bond acceptors (Lipinski definition) is 5. The number of alkyl carbamates (subject to hydrolysis) is 1. The van der Waals surface area contributed by atoms with Crippen LogP contribution in [-0.4, -0.2) is 47.9 Å². The van der Waals surface area contributed by atoms with Crippen LogP contribution in [0.2, 0.25) is 6.04 Å². The summed E-state index contributed by atoms with van der Waals surface area (Å²) in [7, 11) is -2.64. The van der Waals surface area contributed by atoms with Crippen LogP contribution in [0.5, 0.6) is 0 Å². The van der Waals surface area contributed by atoms with Gasteiger partial charge in [0, 0.05) is 32.4 Å². The van der Waals surface area contributed by atoms with Crippen LogP contribution in [0.3, 0.4) is 0 Å². The zero-order valence-electron chi connectivity index (χ0n) is 16.8. The van der Waals surface area contributed by atoms with E-state index in [0.29, 0.717) is 45.4 Å². The lowest BCUT2D eigenvalue weighted by molar-refractivity contribution is 0.0706. The average Bonchev–Trinajstić information content (AvgIpc) is 2.58. The van der Waals surface area contributed by atoms with Gasteiger partial charge in [0.1, 0.15) is 0 Å². The molecule has 0 unspecified atom stereocenters. The molecule has 154 valence electrons. The van der Waals surface area contributed by atoms with Crippen molar-refractivity contribution in [2.75, 3.05) is 33.0 Å². The van der Waals surface area contributed by atoms with E-state index in [9.17, 15) is 9.18 Å². The fraction of sp³-hybridized carbons (Fsp3) is 0.833. The lowest BCUT2D eigenvalue weighted by Gasteiger charge is -2.28. The molecule has 0 aliphatic rings. The molecule has 0 aliphatic carbocycles. The van der Waals surface area contributed by atoms with Gasteiger partial charge in [0.2, 0.25) is 0 Å². The quantitative estimate of drug-likeness (QED) is 0.307. The third kappa shape index (κ3) is 13.3. The molecule has 0 spiro atoms. The standard InChI is InChI=1S/C18H36FNO5Si/c1-5-23-26(24-6-2,25-7-3)16-12-14-20-18(21)22-15-11-9-8-10-13-17(4)19/h13H,5-12,14-16H2,1-4H3,(H,20,21)/b17-13-. The van der Waals surface area contributed by atoms with Crippen molar-refractivity contribution in [1.82, 2.24) is 5.32 Å². The summed E-state index contributed by atoms with van der Waals surface area (Å²) in [4.78, 5) is 11.6. The lowest BCUT2D eigenvalue weighted by Crippen LogP contribution is -2.46. The summed E-state index contributed by atoms with van der Waals surface area (Å²) in [6.07, 6.45) is 5.16. The van der Waals surface area contributed by atoms with Crippen molar-refractivity contribution in [3.63, 3.8) is 0 Å². The second-order valence-electron chi connectivity index (χ2n) is 5.79. The Hall–Kier alpha value is -0.963. The molecular formula is C18H36FNO5Si. The number of nitrogens with one attached hydrogen (secondary N) is 1. The molecule has 0 aromatic rings. The highest BCUT2D eigenvalue weighted by Crippen LogP contribution is 2.17.